The Morgan fingerprint density at radius 2 is 1.74 bits per heavy atom. The molecule has 4 rings (SSSR count). The number of ketones is 1. The highest BCUT2D eigenvalue weighted by atomic mass is 16.3. The van der Waals surface area contributed by atoms with Crippen molar-refractivity contribution in [2.45, 2.75) is 37.7 Å². The number of Topliss-reactive ketones (excluding diaryl/α,β-unsaturated/α-hetero) is 1. The number of phenolic OH excluding ortho intramolecular Hbond substituents is 1. The summed E-state index contributed by atoms with van der Waals surface area (Å²) in [5, 5.41) is 20.1. The second-order valence-electron chi connectivity index (χ2n) is 7.96. The largest absolute Gasteiger partial charge is 0.508 e. The van der Waals surface area contributed by atoms with Gasteiger partial charge in [0.05, 0.1) is 12.1 Å². The lowest BCUT2D eigenvalue weighted by atomic mass is 9.93. The van der Waals surface area contributed by atoms with Crippen LogP contribution in [0.15, 0.2) is 24.3 Å². The number of phenols is 1. The van der Waals surface area contributed by atoms with Crippen molar-refractivity contribution >= 4 is 5.78 Å². The molecule has 2 N–H and O–H groups in total. The molecule has 3 aliphatic rings. The van der Waals surface area contributed by atoms with Crippen LogP contribution in [-0.4, -0.2) is 46.1 Å². The molecule has 1 heterocycles. The second kappa shape index (κ2) is 5.60. The number of aromatic hydroxyl groups is 1. The Morgan fingerprint density at radius 1 is 1.13 bits per heavy atom. The second-order valence-corrected chi connectivity index (χ2v) is 7.96. The van der Waals surface area contributed by atoms with Gasteiger partial charge in [0.2, 0.25) is 0 Å². The maximum Gasteiger partial charge on any atom is 0.176 e. The van der Waals surface area contributed by atoms with Crippen molar-refractivity contribution in [1.29, 1.82) is 0 Å². The van der Waals surface area contributed by atoms with Gasteiger partial charge in [0, 0.05) is 18.7 Å². The number of rotatable bonds is 5. The van der Waals surface area contributed by atoms with Gasteiger partial charge in [-0.1, -0.05) is 12.8 Å². The molecule has 23 heavy (non-hydrogen) atoms. The highest BCUT2D eigenvalue weighted by Gasteiger charge is 2.49. The van der Waals surface area contributed by atoms with E-state index in [1.54, 1.807) is 24.3 Å². The van der Waals surface area contributed by atoms with E-state index in [2.05, 4.69) is 4.90 Å². The van der Waals surface area contributed by atoms with Crippen LogP contribution >= 0.6 is 0 Å². The molecule has 1 aromatic carbocycles. The maximum atomic E-state index is 12.3. The summed E-state index contributed by atoms with van der Waals surface area (Å²) in [7, 11) is 0. The third-order valence-corrected chi connectivity index (χ3v) is 5.86. The minimum atomic E-state index is -0.427. The lowest BCUT2D eigenvalue weighted by Gasteiger charge is -2.25. The van der Waals surface area contributed by atoms with E-state index < -0.39 is 5.60 Å². The number of hydrogen-bond acceptors (Lipinski definition) is 4. The van der Waals surface area contributed by atoms with Crippen LogP contribution in [0.3, 0.4) is 0 Å². The molecule has 0 aromatic heterocycles. The zero-order valence-electron chi connectivity index (χ0n) is 13.4. The molecule has 4 heteroatoms. The van der Waals surface area contributed by atoms with Gasteiger partial charge in [-0.2, -0.15) is 0 Å². The minimum absolute atomic E-state index is 0.109. The van der Waals surface area contributed by atoms with Crippen LogP contribution in [0.2, 0.25) is 0 Å². The summed E-state index contributed by atoms with van der Waals surface area (Å²) in [5.74, 6) is 2.16. The number of nitrogens with zero attached hydrogens (tertiary/aromatic N) is 1. The zero-order valence-corrected chi connectivity index (χ0v) is 13.4. The molecule has 2 saturated carbocycles. The van der Waals surface area contributed by atoms with Gasteiger partial charge in [-0.05, 0) is 61.3 Å². The summed E-state index contributed by atoms with van der Waals surface area (Å²) >= 11 is 0. The average Bonchev–Trinajstić information content (AvgIpc) is 3.14. The van der Waals surface area contributed by atoms with E-state index in [9.17, 15) is 15.0 Å². The predicted molar refractivity (Wildman–Crippen MR) is 87.4 cm³/mol. The van der Waals surface area contributed by atoms with Gasteiger partial charge in [0.15, 0.2) is 5.78 Å². The van der Waals surface area contributed by atoms with Gasteiger partial charge in [-0.15, -0.1) is 0 Å². The van der Waals surface area contributed by atoms with E-state index in [1.807, 2.05) is 0 Å². The van der Waals surface area contributed by atoms with Crippen molar-refractivity contribution in [3.05, 3.63) is 29.8 Å². The van der Waals surface area contributed by atoms with E-state index in [4.69, 9.17) is 0 Å². The number of benzene rings is 1. The van der Waals surface area contributed by atoms with Gasteiger partial charge in [-0.25, -0.2) is 0 Å². The first-order valence-electron chi connectivity index (χ1n) is 8.78. The Morgan fingerprint density at radius 3 is 2.30 bits per heavy atom. The Balaban J connectivity index is 1.32. The number of carbonyl (C=O) groups excluding carboxylic acids is 1. The van der Waals surface area contributed by atoms with Crippen LogP contribution in [0.1, 0.15) is 42.5 Å². The van der Waals surface area contributed by atoms with Gasteiger partial charge < -0.3 is 10.2 Å². The SMILES string of the molecule is O=C(CN1C[C@@H]2C[C@](O)(CC3CC3)C[C@@H]2C1)c1ccc(O)cc1. The number of hydrogen-bond donors (Lipinski definition) is 2. The molecule has 0 bridgehead atoms. The molecule has 124 valence electrons. The number of fused-ring (bicyclic) bond motifs is 1. The number of carbonyl (C=O) groups is 1. The molecule has 0 unspecified atom stereocenters. The molecule has 0 spiro atoms. The standard InChI is InChI=1S/C19H25NO3/c21-17-5-3-14(4-6-17)18(22)12-20-10-15-8-19(23,7-13-1-2-13)9-16(15)11-20/h3-6,13,15-16,21,23H,1-2,7-12H2/t15-,16+,19+. The van der Waals surface area contributed by atoms with Crippen LogP contribution in [0.25, 0.3) is 0 Å². The predicted octanol–water partition coefficient (Wildman–Crippen LogP) is 2.45. The smallest absolute Gasteiger partial charge is 0.176 e. The van der Waals surface area contributed by atoms with Crippen molar-refractivity contribution in [3.8, 4) is 5.75 Å². The first-order chi connectivity index (χ1) is 11.0. The molecular weight excluding hydrogens is 290 g/mol. The van der Waals surface area contributed by atoms with Gasteiger partial charge >= 0.3 is 0 Å². The molecule has 3 fully saturated rings. The first-order valence-corrected chi connectivity index (χ1v) is 8.78. The zero-order chi connectivity index (χ0) is 16.0. The summed E-state index contributed by atoms with van der Waals surface area (Å²) in [6.07, 6.45) is 5.42. The van der Waals surface area contributed by atoms with Gasteiger partial charge in [-0.3, -0.25) is 9.69 Å². The Labute approximate surface area is 137 Å². The minimum Gasteiger partial charge on any atom is -0.508 e. The molecule has 1 saturated heterocycles. The molecule has 0 amide bonds. The maximum absolute atomic E-state index is 12.3. The van der Waals surface area contributed by atoms with Crippen molar-refractivity contribution in [3.63, 3.8) is 0 Å². The Hall–Kier alpha value is -1.39. The van der Waals surface area contributed by atoms with E-state index in [1.165, 1.54) is 12.8 Å². The molecule has 1 aliphatic heterocycles. The molecular formula is C19H25NO3. The highest BCUT2D eigenvalue weighted by Crippen LogP contribution is 2.49. The highest BCUT2D eigenvalue weighted by molar-refractivity contribution is 5.97. The summed E-state index contributed by atoms with van der Waals surface area (Å²) in [6.45, 7) is 2.31. The van der Waals surface area contributed by atoms with Crippen LogP contribution in [0.5, 0.6) is 5.75 Å². The van der Waals surface area contributed by atoms with Crippen molar-refractivity contribution in [2.75, 3.05) is 19.6 Å². The van der Waals surface area contributed by atoms with E-state index >= 15 is 0 Å². The fraction of sp³-hybridized carbons (Fsp3) is 0.632. The normalized spacial score (nSPS) is 33.8. The molecule has 2 aliphatic carbocycles. The topological polar surface area (TPSA) is 60.8 Å². The summed E-state index contributed by atoms with van der Waals surface area (Å²) in [6, 6.07) is 6.49. The number of aliphatic hydroxyl groups is 1. The van der Waals surface area contributed by atoms with E-state index in [0.717, 1.165) is 38.3 Å². The van der Waals surface area contributed by atoms with Crippen LogP contribution in [0, 0.1) is 17.8 Å². The lowest BCUT2D eigenvalue weighted by molar-refractivity contribution is 0.0215. The Bertz CT molecular complexity index is 579. The van der Waals surface area contributed by atoms with E-state index in [-0.39, 0.29) is 11.5 Å². The summed E-state index contributed by atoms with van der Waals surface area (Å²) in [5.41, 5.74) is 0.230. The fourth-order valence-corrected chi connectivity index (χ4v) is 4.65. The molecule has 4 nitrogen and oxygen atoms in total. The van der Waals surface area contributed by atoms with Crippen molar-refractivity contribution < 1.29 is 15.0 Å². The van der Waals surface area contributed by atoms with Crippen molar-refractivity contribution in [2.24, 2.45) is 17.8 Å². The average molecular weight is 315 g/mol. The fourth-order valence-electron chi connectivity index (χ4n) is 4.65. The summed E-state index contributed by atoms with van der Waals surface area (Å²) in [4.78, 5) is 14.6. The Kier molecular flexibility index (Phi) is 3.69. The lowest BCUT2D eigenvalue weighted by Crippen LogP contribution is -2.33. The quantitative estimate of drug-likeness (QED) is 0.819. The monoisotopic (exact) mass is 315 g/mol. The molecule has 1 aromatic rings. The van der Waals surface area contributed by atoms with Gasteiger partial charge in [0.1, 0.15) is 5.75 Å². The molecule has 0 radical (unpaired) electrons. The third-order valence-electron chi connectivity index (χ3n) is 5.86. The van der Waals surface area contributed by atoms with E-state index in [0.29, 0.717) is 23.9 Å². The first kappa shape index (κ1) is 15.2. The van der Waals surface area contributed by atoms with Crippen LogP contribution in [0.4, 0.5) is 0 Å². The van der Waals surface area contributed by atoms with Gasteiger partial charge in [0.25, 0.3) is 0 Å². The van der Waals surface area contributed by atoms with Crippen LogP contribution < -0.4 is 0 Å². The number of likely N-dealkylation sites (tertiary alicyclic amines) is 1. The molecule has 3 atom stereocenters. The third kappa shape index (κ3) is 3.29. The summed E-state index contributed by atoms with van der Waals surface area (Å²) < 4.78 is 0. The van der Waals surface area contributed by atoms with Crippen molar-refractivity contribution in [1.82, 2.24) is 4.90 Å². The van der Waals surface area contributed by atoms with Crippen LogP contribution in [-0.2, 0) is 0 Å².